The highest BCUT2D eigenvalue weighted by molar-refractivity contribution is 8.00. The predicted octanol–water partition coefficient (Wildman–Crippen LogP) is 4.57. The Morgan fingerprint density at radius 3 is 2.88 bits per heavy atom. The average molecular weight is 361 g/mol. The summed E-state index contributed by atoms with van der Waals surface area (Å²) in [5, 5.41) is 4.17. The van der Waals surface area contributed by atoms with E-state index < -0.39 is 0 Å². The molecule has 2 aromatic heterocycles. The third kappa shape index (κ3) is 3.42. The number of carbonyl (C=O) groups is 1. The Kier molecular flexibility index (Phi) is 4.82. The number of nitrogens with one attached hydrogen (secondary N) is 1. The maximum atomic E-state index is 13.2. The average Bonchev–Trinajstić information content (AvgIpc) is 2.83. The lowest BCUT2D eigenvalue weighted by molar-refractivity contribution is -0.115. The van der Waals surface area contributed by atoms with Gasteiger partial charge < -0.3 is 5.32 Å². The molecule has 2 heterocycles. The van der Waals surface area contributed by atoms with Crippen LogP contribution in [0.25, 0.3) is 10.2 Å². The SMILES string of the molecule is Cc1sc2ncnc(S[C@@H](C)C(=O)Nc3cccc(F)c3)c2c1C. The highest BCUT2D eigenvalue weighted by Gasteiger charge is 2.19. The number of fused-ring (bicyclic) bond motifs is 1. The molecule has 3 aromatic rings. The van der Waals surface area contributed by atoms with Crippen LogP contribution < -0.4 is 5.32 Å². The number of benzene rings is 1. The monoisotopic (exact) mass is 361 g/mol. The maximum Gasteiger partial charge on any atom is 0.237 e. The minimum atomic E-state index is -0.380. The largest absolute Gasteiger partial charge is 0.325 e. The van der Waals surface area contributed by atoms with Crippen molar-refractivity contribution in [2.75, 3.05) is 5.32 Å². The Morgan fingerprint density at radius 1 is 1.33 bits per heavy atom. The fourth-order valence-electron chi connectivity index (χ4n) is 2.27. The molecule has 0 saturated heterocycles. The Balaban J connectivity index is 1.79. The van der Waals surface area contributed by atoms with Crippen LogP contribution in [0.5, 0.6) is 0 Å². The summed E-state index contributed by atoms with van der Waals surface area (Å²) in [6.07, 6.45) is 1.53. The minimum absolute atomic E-state index is 0.193. The maximum absolute atomic E-state index is 13.2. The summed E-state index contributed by atoms with van der Waals surface area (Å²) in [6, 6.07) is 5.86. The zero-order valence-electron chi connectivity index (χ0n) is 13.5. The smallest absolute Gasteiger partial charge is 0.237 e. The highest BCUT2D eigenvalue weighted by atomic mass is 32.2. The summed E-state index contributed by atoms with van der Waals surface area (Å²) in [7, 11) is 0. The molecule has 0 radical (unpaired) electrons. The van der Waals surface area contributed by atoms with Gasteiger partial charge in [0.15, 0.2) is 0 Å². The van der Waals surface area contributed by atoms with Gasteiger partial charge in [0.1, 0.15) is 22.0 Å². The van der Waals surface area contributed by atoms with Crippen molar-refractivity contribution >= 4 is 44.9 Å². The third-order valence-electron chi connectivity index (χ3n) is 3.68. The molecule has 0 unspecified atom stereocenters. The second-order valence-corrected chi connectivity index (χ2v) is 7.93. The summed E-state index contributed by atoms with van der Waals surface area (Å²) in [4.78, 5) is 23.1. The number of anilines is 1. The van der Waals surface area contributed by atoms with E-state index in [0.29, 0.717) is 5.69 Å². The number of hydrogen-bond acceptors (Lipinski definition) is 5. The number of amides is 1. The van der Waals surface area contributed by atoms with E-state index in [0.717, 1.165) is 20.8 Å². The summed E-state index contributed by atoms with van der Waals surface area (Å²) in [5.74, 6) is -0.572. The van der Waals surface area contributed by atoms with Crippen molar-refractivity contribution in [1.82, 2.24) is 9.97 Å². The lowest BCUT2D eigenvalue weighted by Gasteiger charge is -2.12. The fraction of sp³-hybridized carbons (Fsp3) is 0.235. The summed E-state index contributed by atoms with van der Waals surface area (Å²) in [6.45, 7) is 5.90. The molecule has 0 bridgehead atoms. The Bertz CT molecular complexity index is 910. The fourth-order valence-corrected chi connectivity index (χ4v) is 4.31. The standard InChI is InChI=1S/C17H16FN3OS2/c1-9-10(2)23-16-14(9)17(20-8-19-16)24-11(3)15(22)21-13-6-4-5-12(18)7-13/h4-8,11H,1-3H3,(H,21,22)/t11-/m0/s1. The molecule has 1 amide bonds. The second kappa shape index (κ2) is 6.86. The van der Waals surface area contributed by atoms with Gasteiger partial charge in [0.25, 0.3) is 0 Å². The van der Waals surface area contributed by atoms with Gasteiger partial charge in [-0.3, -0.25) is 4.79 Å². The molecule has 4 nitrogen and oxygen atoms in total. The molecule has 24 heavy (non-hydrogen) atoms. The van der Waals surface area contributed by atoms with E-state index in [-0.39, 0.29) is 17.0 Å². The quantitative estimate of drug-likeness (QED) is 0.546. The molecular formula is C17H16FN3OS2. The van der Waals surface area contributed by atoms with Crippen LogP contribution in [0.3, 0.4) is 0 Å². The van der Waals surface area contributed by atoms with Crippen LogP contribution in [-0.2, 0) is 4.79 Å². The zero-order chi connectivity index (χ0) is 17.3. The highest BCUT2D eigenvalue weighted by Crippen LogP contribution is 2.36. The molecular weight excluding hydrogens is 345 g/mol. The number of aromatic nitrogens is 2. The van der Waals surface area contributed by atoms with Gasteiger partial charge in [-0.25, -0.2) is 14.4 Å². The van der Waals surface area contributed by atoms with Gasteiger partial charge >= 0.3 is 0 Å². The first kappa shape index (κ1) is 16.9. The third-order valence-corrected chi connectivity index (χ3v) is 5.90. The van der Waals surface area contributed by atoms with Crippen molar-refractivity contribution in [3.05, 3.63) is 46.9 Å². The van der Waals surface area contributed by atoms with E-state index >= 15 is 0 Å². The van der Waals surface area contributed by atoms with E-state index in [1.54, 1.807) is 23.5 Å². The molecule has 1 atom stereocenters. The van der Waals surface area contributed by atoms with Crippen LogP contribution in [0.15, 0.2) is 35.6 Å². The topological polar surface area (TPSA) is 54.9 Å². The number of aryl methyl sites for hydroxylation is 2. The molecule has 0 aliphatic rings. The van der Waals surface area contributed by atoms with Crippen molar-refractivity contribution < 1.29 is 9.18 Å². The number of carbonyl (C=O) groups excluding carboxylic acids is 1. The van der Waals surface area contributed by atoms with Crippen molar-refractivity contribution in [3.63, 3.8) is 0 Å². The van der Waals surface area contributed by atoms with Gasteiger partial charge in [-0.05, 0) is 44.5 Å². The number of thiophene rings is 1. The van der Waals surface area contributed by atoms with Gasteiger partial charge in [0.05, 0.1) is 5.25 Å². The van der Waals surface area contributed by atoms with Gasteiger partial charge in [-0.2, -0.15) is 0 Å². The second-order valence-electron chi connectivity index (χ2n) is 5.40. The molecule has 0 spiro atoms. The van der Waals surface area contributed by atoms with E-state index in [9.17, 15) is 9.18 Å². The summed E-state index contributed by atoms with van der Waals surface area (Å²) in [5.41, 5.74) is 1.60. The Labute approximate surface area is 147 Å². The van der Waals surface area contributed by atoms with E-state index in [1.807, 2.05) is 13.8 Å². The van der Waals surface area contributed by atoms with E-state index in [2.05, 4.69) is 22.2 Å². The normalized spacial score (nSPS) is 12.3. The first-order chi connectivity index (χ1) is 11.5. The summed E-state index contributed by atoms with van der Waals surface area (Å²) >= 11 is 3.01. The Morgan fingerprint density at radius 2 is 2.12 bits per heavy atom. The molecule has 124 valence electrons. The molecule has 0 fully saturated rings. The van der Waals surface area contributed by atoms with Crippen LogP contribution in [0.2, 0.25) is 0 Å². The van der Waals surface area contributed by atoms with Crippen LogP contribution in [0, 0.1) is 19.7 Å². The van der Waals surface area contributed by atoms with Gasteiger partial charge in [-0.1, -0.05) is 17.8 Å². The van der Waals surface area contributed by atoms with Gasteiger partial charge in [0, 0.05) is 16.0 Å². The molecule has 1 N–H and O–H groups in total. The number of rotatable bonds is 4. The number of thioether (sulfide) groups is 1. The summed E-state index contributed by atoms with van der Waals surface area (Å²) < 4.78 is 13.2. The van der Waals surface area contributed by atoms with Crippen LogP contribution >= 0.6 is 23.1 Å². The van der Waals surface area contributed by atoms with Crippen molar-refractivity contribution in [2.45, 2.75) is 31.0 Å². The lowest BCUT2D eigenvalue weighted by Crippen LogP contribution is -2.22. The lowest BCUT2D eigenvalue weighted by atomic mass is 10.2. The predicted molar refractivity (Wildman–Crippen MR) is 97.2 cm³/mol. The molecule has 0 saturated carbocycles. The van der Waals surface area contributed by atoms with Crippen molar-refractivity contribution in [3.8, 4) is 0 Å². The number of nitrogens with zero attached hydrogens (tertiary/aromatic N) is 2. The van der Waals surface area contributed by atoms with Crippen molar-refractivity contribution in [1.29, 1.82) is 0 Å². The Hall–Kier alpha value is -1.99. The minimum Gasteiger partial charge on any atom is -0.325 e. The van der Waals surface area contributed by atoms with Crippen LogP contribution in [0.4, 0.5) is 10.1 Å². The first-order valence-corrected chi connectivity index (χ1v) is 9.09. The first-order valence-electron chi connectivity index (χ1n) is 7.39. The number of halogens is 1. The number of hydrogen-bond donors (Lipinski definition) is 1. The zero-order valence-corrected chi connectivity index (χ0v) is 15.1. The van der Waals surface area contributed by atoms with Crippen LogP contribution in [0.1, 0.15) is 17.4 Å². The van der Waals surface area contributed by atoms with Crippen LogP contribution in [-0.4, -0.2) is 21.1 Å². The van der Waals surface area contributed by atoms with Gasteiger partial charge in [-0.15, -0.1) is 11.3 Å². The molecule has 7 heteroatoms. The molecule has 1 aromatic carbocycles. The van der Waals surface area contributed by atoms with Gasteiger partial charge in [0.2, 0.25) is 5.91 Å². The van der Waals surface area contributed by atoms with E-state index in [4.69, 9.17) is 0 Å². The molecule has 0 aliphatic carbocycles. The molecule has 0 aliphatic heterocycles. The van der Waals surface area contributed by atoms with E-state index in [1.165, 1.54) is 35.1 Å². The van der Waals surface area contributed by atoms with Crippen molar-refractivity contribution in [2.24, 2.45) is 0 Å². The molecule has 3 rings (SSSR count).